The van der Waals surface area contributed by atoms with E-state index in [-0.39, 0.29) is 0 Å². The van der Waals surface area contributed by atoms with Crippen LogP contribution in [0.25, 0.3) is 0 Å². The van der Waals surface area contributed by atoms with Crippen LogP contribution in [-0.2, 0) is 11.2 Å². The van der Waals surface area contributed by atoms with Crippen LogP contribution in [0.2, 0.25) is 0 Å². The number of hydrogen-bond acceptors (Lipinski definition) is 4. The van der Waals surface area contributed by atoms with Crippen molar-refractivity contribution in [2.75, 3.05) is 68.6 Å². The molecule has 0 spiro atoms. The van der Waals surface area contributed by atoms with Gasteiger partial charge in [-0.1, -0.05) is 88.5 Å². The Balaban J connectivity index is 1.65. The maximum atomic E-state index is 11.5. The number of ether oxygens (including phenoxy) is 2. The molecule has 0 aliphatic carbocycles. The quantitative estimate of drug-likeness (QED) is 0.0735. The van der Waals surface area contributed by atoms with Crippen LogP contribution in [0, 0.1) is 0 Å². The Morgan fingerprint density at radius 1 is 0.417 bits per heavy atom. The van der Waals surface area contributed by atoms with E-state index in [1.54, 1.807) is 13.8 Å². The van der Waals surface area contributed by atoms with Gasteiger partial charge in [-0.25, -0.2) is 0 Å². The van der Waals surface area contributed by atoms with Crippen LogP contribution >= 0.6 is 0 Å². The number of unbranched alkanes of at least 4 members (excludes halogenated alkanes) is 14. The number of rotatable bonds is 27. The molecule has 0 heterocycles. The van der Waals surface area contributed by atoms with E-state index < -0.39 is 11.2 Å². The largest absolute Gasteiger partial charge is 0.494 e. The molecule has 6 heteroatoms. The van der Waals surface area contributed by atoms with Gasteiger partial charge in [0.15, 0.2) is 0 Å². The molecule has 48 heavy (non-hydrogen) atoms. The Bertz CT molecular complexity index is 1010. The predicted octanol–water partition coefficient (Wildman–Crippen LogP) is 9.21. The molecule has 0 fully saturated rings. The molecule has 2 N–H and O–H groups in total. The third-order valence-corrected chi connectivity index (χ3v) is 9.76. The third-order valence-electron chi connectivity index (χ3n) is 9.76. The Hall–Kier alpha value is -2.12. The Kier molecular flexibility index (Phi) is 18.6. The zero-order chi connectivity index (χ0) is 35.5. The topological polar surface area (TPSA) is 58.9 Å². The van der Waals surface area contributed by atoms with E-state index in [2.05, 4.69) is 42.3 Å². The zero-order valence-corrected chi connectivity index (χ0v) is 32.4. The summed E-state index contributed by atoms with van der Waals surface area (Å²) >= 11 is 0. The summed E-state index contributed by atoms with van der Waals surface area (Å²) in [6, 6.07) is 15.0. The van der Waals surface area contributed by atoms with Gasteiger partial charge in [-0.15, -0.1) is 0 Å². The Labute approximate surface area is 295 Å². The van der Waals surface area contributed by atoms with Gasteiger partial charge in [0.05, 0.1) is 68.6 Å². The number of hydrogen-bond donors (Lipinski definition) is 2. The van der Waals surface area contributed by atoms with Crippen LogP contribution in [0.3, 0.4) is 0 Å². The fourth-order valence-electron chi connectivity index (χ4n) is 6.19. The lowest BCUT2D eigenvalue weighted by Gasteiger charge is -2.39. The molecule has 0 amide bonds. The second kappa shape index (κ2) is 21.2. The van der Waals surface area contributed by atoms with Crippen molar-refractivity contribution < 1.29 is 28.7 Å². The first kappa shape index (κ1) is 42.0. The first-order chi connectivity index (χ1) is 22.6. The van der Waals surface area contributed by atoms with Crippen LogP contribution in [0.1, 0.15) is 128 Å². The third kappa shape index (κ3) is 17.0. The maximum absolute atomic E-state index is 11.5. The number of benzene rings is 2. The zero-order valence-electron chi connectivity index (χ0n) is 32.4. The van der Waals surface area contributed by atoms with Crippen LogP contribution in [-0.4, -0.2) is 87.8 Å². The smallest absolute Gasteiger partial charge is 0.119 e. The summed E-state index contributed by atoms with van der Waals surface area (Å²) in [6.07, 6.45) is 20.3. The van der Waals surface area contributed by atoms with Crippen LogP contribution < -0.4 is 9.47 Å². The van der Waals surface area contributed by atoms with Gasteiger partial charge < -0.3 is 28.7 Å². The Morgan fingerprint density at radius 2 is 0.667 bits per heavy atom. The molecule has 0 bridgehead atoms. The van der Waals surface area contributed by atoms with Crippen molar-refractivity contribution in [1.82, 2.24) is 0 Å². The van der Waals surface area contributed by atoms with E-state index in [1.807, 2.05) is 48.5 Å². The van der Waals surface area contributed by atoms with Crippen molar-refractivity contribution >= 4 is 0 Å². The number of quaternary nitrogens is 2. The van der Waals surface area contributed by atoms with Crippen molar-refractivity contribution in [2.45, 2.75) is 128 Å². The van der Waals surface area contributed by atoms with Crippen LogP contribution in [0.5, 0.6) is 11.5 Å². The molecular weight excluding hydrogens is 596 g/mol. The summed E-state index contributed by atoms with van der Waals surface area (Å²) in [6.45, 7) is 7.26. The fourth-order valence-corrected chi connectivity index (χ4v) is 6.19. The summed E-state index contributed by atoms with van der Waals surface area (Å²) in [4.78, 5) is 0. The van der Waals surface area contributed by atoms with Crippen molar-refractivity contribution in [1.29, 1.82) is 0 Å². The molecule has 0 aromatic heterocycles. The van der Waals surface area contributed by atoms with E-state index in [1.165, 1.54) is 103 Å². The standard InChI is InChI=1S/C42H74N2O4/c1-41(45,37-25-29-39(30-26-37)47-35-23-19-15-11-9-13-17-21-33-43(3,4)5)42(2,46)38-27-31-40(32-28-38)48-36-24-20-16-12-10-14-18-22-34-44(6,7)8/h25-32,45-46H,9-24,33-36H2,1-8H3/q+2. The van der Waals surface area contributed by atoms with E-state index >= 15 is 0 Å². The number of nitrogens with zero attached hydrogens (tertiary/aromatic N) is 2. The van der Waals surface area contributed by atoms with Gasteiger partial charge in [-0.3, -0.25) is 0 Å². The molecule has 2 atom stereocenters. The average Bonchev–Trinajstić information content (AvgIpc) is 3.01. The van der Waals surface area contributed by atoms with Gasteiger partial charge >= 0.3 is 0 Å². The highest BCUT2D eigenvalue weighted by atomic mass is 16.5. The molecule has 0 saturated carbocycles. The summed E-state index contributed by atoms with van der Waals surface area (Å²) in [5.41, 5.74) is -1.70. The molecule has 2 rings (SSSR count). The predicted molar refractivity (Wildman–Crippen MR) is 203 cm³/mol. The van der Waals surface area contributed by atoms with Crippen molar-refractivity contribution in [2.24, 2.45) is 0 Å². The number of aliphatic hydroxyl groups is 2. The monoisotopic (exact) mass is 671 g/mol. The Morgan fingerprint density at radius 3 is 0.938 bits per heavy atom. The molecular formula is C42H74N2O4+2. The fraction of sp³-hybridized carbons (Fsp3) is 0.714. The lowest BCUT2D eigenvalue weighted by Crippen LogP contribution is -2.45. The summed E-state index contributed by atoms with van der Waals surface area (Å²) < 4.78 is 14.1. The van der Waals surface area contributed by atoms with E-state index in [9.17, 15) is 10.2 Å². The molecule has 2 aromatic carbocycles. The molecule has 6 nitrogen and oxygen atoms in total. The molecule has 0 radical (unpaired) electrons. The highest BCUT2D eigenvalue weighted by Crippen LogP contribution is 2.41. The van der Waals surface area contributed by atoms with Crippen LogP contribution in [0.15, 0.2) is 48.5 Å². The van der Waals surface area contributed by atoms with Crippen molar-refractivity contribution in [3.05, 3.63) is 59.7 Å². The highest BCUT2D eigenvalue weighted by Gasteiger charge is 2.44. The van der Waals surface area contributed by atoms with Gasteiger partial charge in [-0.2, -0.15) is 0 Å². The normalized spacial score (nSPS) is 14.8. The van der Waals surface area contributed by atoms with E-state index in [0.29, 0.717) is 24.3 Å². The molecule has 0 saturated heterocycles. The summed E-state index contributed by atoms with van der Waals surface area (Å²) in [7, 11) is 13.6. The minimum absolute atomic E-state index is 0.644. The van der Waals surface area contributed by atoms with Gasteiger partial charge in [0.1, 0.15) is 22.7 Å². The minimum atomic E-state index is -1.49. The first-order valence-electron chi connectivity index (χ1n) is 19.1. The SMILES string of the molecule is CC(O)(c1ccc(OCCCCCCCCCC[N+](C)(C)C)cc1)C(C)(O)c1ccc(OCCCCCCCCCC[N+](C)(C)C)cc1. The maximum Gasteiger partial charge on any atom is 0.119 e. The molecule has 2 aromatic rings. The molecule has 0 aliphatic heterocycles. The highest BCUT2D eigenvalue weighted by molar-refractivity contribution is 5.38. The second-order valence-corrected chi connectivity index (χ2v) is 16.6. The molecule has 274 valence electrons. The summed E-state index contributed by atoms with van der Waals surface area (Å²) in [5, 5.41) is 23.1. The minimum Gasteiger partial charge on any atom is -0.494 e. The van der Waals surface area contributed by atoms with E-state index in [4.69, 9.17) is 9.47 Å². The average molecular weight is 671 g/mol. The van der Waals surface area contributed by atoms with Gasteiger partial charge in [0, 0.05) is 0 Å². The second-order valence-electron chi connectivity index (χ2n) is 16.6. The molecule has 0 aliphatic rings. The lowest BCUT2D eigenvalue weighted by atomic mass is 9.76. The summed E-state index contributed by atoms with van der Waals surface area (Å²) in [5.74, 6) is 1.58. The van der Waals surface area contributed by atoms with E-state index in [0.717, 1.165) is 33.3 Å². The molecule has 2 unspecified atom stereocenters. The van der Waals surface area contributed by atoms with Crippen molar-refractivity contribution in [3.8, 4) is 11.5 Å². The first-order valence-corrected chi connectivity index (χ1v) is 19.1. The van der Waals surface area contributed by atoms with Gasteiger partial charge in [0.2, 0.25) is 0 Å². The van der Waals surface area contributed by atoms with Gasteiger partial charge in [0.25, 0.3) is 0 Å². The van der Waals surface area contributed by atoms with Gasteiger partial charge in [-0.05, 0) is 87.8 Å². The van der Waals surface area contributed by atoms with Crippen molar-refractivity contribution in [3.63, 3.8) is 0 Å². The lowest BCUT2D eigenvalue weighted by molar-refractivity contribution is -0.870. The van der Waals surface area contributed by atoms with Crippen LogP contribution in [0.4, 0.5) is 0 Å².